The molecule has 3 aromatic carbocycles. The molecule has 1 aliphatic heterocycles. The lowest BCUT2D eigenvalue weighted by Crippen LogP contribution is -2.62. The van der Waals surface area contributed by atoms with Crippen LogP contribution < -0.4 is 0 Å². The molecule has 0 spiro atoms. The maximum atomic E-state index is 13.3. The lowest BCUT2D eigenvalue weighted by atomic mass is 9.51. The molecule has 0 amide bonds. The number of carbonyl (C=O) groups is 1. The molecule has 3 saturated carbocycles. The number of halogens is 1. The Bertz CT molecular complexity index is 1110. The van der Waals surface area contributed by atoms with Crippen molar-refractivity contribution in [1.82, 2.24) is 4.90 Å². The SMILES string of the molecule is O=C(OC1CC2(N3CCCC3)CC(c3ccccc3)C1C(c1ccccc1)C2)c1ccc(Cl)cc1. The fourth-order valence-electron chi connectivity index (χ4n) is 7.22. The second-order valence-corrected chi connectivity index (χ2v) is 11.0. The number of fused-ring (bicyclic) bond motifs is 3. The van der Waals surface area contributed by atoms with Gasteiger partial charge in [0.1, 0.15) is 6.10 Å². The minimum Gasteiger partial charge on any atom is -0.458 e. The molecule has 4 aliphatic rings. The van der Waals surface area contributed by atoms with Crippen LogP contribution in [0.5, 0.6) is 0 Å². The van der Waals surface area contributed by atoms with Crippen LogP contribution in [0.25, 0.3) is 0 Å². The van der Waals surface area contributed by atoms with Crippen LogP contribution in [0.15, 0.2) is 84.9 Å². The van der Waals surface area contributed by atoms with Gasteiger partial charge in [0.25, 0.3) is 0 Å². The van der Waals surface area contributed by atoms with E-state index >= 15 is 0 Å². The van der Waals surface area contributed by atoms with Gasteiger partial charge in [-0.3, -0.25) is 4.90 Å². The number of likely N-dealkylation sites (tertiary alicyclic amines) is 1. The fourth-order valence-corrected chi connectivity index (χ4v) is 7.35. The first-order valence-electron chi connectivity index (χ1n) is 12.9. The number of ether oxygens (including phenoxy) is 1. The molecule has 4 heteroatoms. The molecule has 3 unspecified atom stereocenters. The van der Waals surface area contributed by atoms with Gasteiger partial charge < -0.3 is 4.74 Å². The summed E-state index contributed by atoms with van der Waals surface area (Å²) in [5.74, 6) is 0.718. The fraction of sp³-hybridized carbons (Fsp3) is 0.387. The van der Waals surface area contributed by atoms with Crippen LogP contribution in [0.3, 0.4) is 0 Å². The van der Waals surface area contributed by atoms with Crippen molar-refractivity contribution in [2.24, 2.45) is 5.92 Å². The molecule has 3 aliphatic carbocycles. The number of benzene rings is 3. The molecule has 35 heavy (non-hydrogen) atoms. The van der Waals surface area contributed by atoms with Crippen molar-refractivity contribution in [3.8, 4) is 0 Å². The van der Waals surface area contributed by atoms with E-state index in [0.29, 0.717) is 22.4 Å². The summed E-state index contributed by atoms with van der Waals surface area (Å²) >= 11 is 6.07. The standard InChI is InChI=1S/C31H32ClNO2/c32-25-15-13-24(14-16-25)30(34)35-28-21-31(33-17-7-8-18-33)19-26(22-9-3-1-4-10-22)29(28)27(20-31)23-11-5-2-6-12-23/h1-6,9-16,26-29H,7-8,17-21H2. The summed E-state index contributed by atoms with van der Waals surface area (Å²) in [6.07, 6.45) is 5.58. The Balaban J connectivity index is 1.42. The molecular weight excluding hydrogens is 454 g/mol. The molecule has 0 aromatic heterocycles. The van der Waals surface area contributed by atoms with Crippen LogP contribution in [0.4, 0.5) is 0 Å². The molecule has 180 valence electrons. The van der Waals surface area contributed by atoms with E-state index in [9.17, 15) is 4.79 Å². The third kappa shape index (κ3) is 4.30. The van der Waals surface area contributed by atoms with Gasteiger partial charge in [0.15, 0.2) is 0 Å². The third-order valence-corrected chi connectivity index (χ3v) is 8.96. The zero-order valence-corrected chi connectivity index (χ0v) is 20.7. The van der Waals surface area contributed by atoms with E-state index in [1.54, 1.807) is 24.3 Å². The first-order chi connectivity index (χ1) is 17.1. The van der Waals surface area contributed by atoms with Crippen LogP contribution in [0.1, 0.15) is 65.4 Å². The predicted molar refractivity (Wildman–Crippen MR) is 140 cm³/mol. The Morgan fingerprint density at radius 1 is 0.771 bits per heavy atom. The topological polar surface area (TPSA) is 29.5 Å². The average molecular weight is 486 g/mol. The number of hydrogen-bond donors (Lipinski definition) is 0. The van der Waals surface area contributed by atoms with Crippen molar-refractivity contribution in [3.05, 3.63) is 107 Å². The number of nitrogens with zero attached hydrogens (tertiary/aromatic N) is 1. The molecule has 7 rings (SSSR count). The van der Waals surface area contributed by atoms with Crippen LogP contribution in [-0.2, 0) is 4.74 Å². The van der Waals surface area contributed by atoms with Gasteiger partial charge in [0, 0.05) is 22.9 Å². The van der Waals surface area contributed by atoms with Crippen molar-refractivity contribution < 1.29 is 9.53 Å². The van der Waals surface area contributed by atoms with Gasteiger partial charge in [0.05, 0.1) is 5.56 Å². The highest BCUT2D eigenvalue weighted by molar-refractivity contribution is 6.30. The summed E-state index contributed by atoms with van der Waals surface area (Å²) in [7, 11) is 0. The van der Waals surface area contributed by atoms with Gasteiger partial charge in [0.2, 0.25) is 0 Å². The van der Waals surface area contributed by atoms with Crippen LogP contribution >= 0.6 is 11.6 Å². The molecule has 3 atom stereocenters. The highest BCUT2D eigenvalue weighted by atomic mass is 35.5. The second-order valence-electron chi connectivity index (χ2n) is 10.6. The number of hydrogen-bond acceptors (Lipinski definition) is 3. The number of rotatable bonds is 5. The molecule has 0 N–H and O–H groups in total. The van der Waals surface area contributed by atoms with Crippen LogP contribution in [0.2, 0.25) is 5.02 Å². The monoisotopic (exact) mass is 485 g/mol. The summed E-state index contributed by atoms with van der Waals surface area (Å²) in [6.45, 7) is 2.29. The number of esters is 1. The molecule has 4 fully saturated rings. The maximum absolute atomic E-state index is 13.3. The zero-order chi connectivity index (χ0) is 23.8. The third-order valence-electron chi connectivity index (χ3n) is 8.71. The molecule has 3 nitrogen and oxygen atoms in total. The average Bonchev–Trinajstić information content (AvgIpc) is 3.46. The van der Waals surface area contributed by atoms with Crippen molar-refractivity contribution in [2.75, 3.05) is 13.1 Å². The number of carbonyl (C=O) groups excluding carboxylic acids is 1. The summed E-state index contributed by atoms with van der Waals surface area (Å²) in [5, 5.41) is 0.625. The Morgan fingerprint density at radius 2 is 1.31 bits per heavy atom. The van der Waals surface area contributed by atoms with E-state index in [4.69, 9.17) is 16.3 Å². The predicted octanol–water partition coefficient (Wildman–Crippen LogP) is 7.08. The first kappa shape index (κ1) is 22.8. The van der Waals surface area contributed by atoms with Crippen LogP contribution in [0, 0.1) is 5.92 Å². The molecule has 1 heterocycles. The van der Waals surface area contributed by atoms with Gasteiger partial charge >= 0.3 is 5.97 Å². The highest BCUT2D eigenvalue weighted by Crippen LogP contribution is 2.61. The zero-order valence-electron chi connectivity index (χ0n) is 20.0. The molecular formula is C31H32ClNO2. The quantitative estimate of drug-likeness (QED) is 0.361. The van der Waals surface area contributed by atoms with Crippen molar-refractivity contribution in [3.63, 3.8) is 0 Å². The lowest BCUT2D eigenvalue weighted by molar-refractivity contribution is -0.105. The van der Waals surface area contributed by atoms with Gasteiger partial charge in [-0.25, -0.2) is 4.79 Å². The van der Waals surface area contributed by atoms with Crippen molar-refractivity contribution >= 4 is 17.6 Å². The molecule has 2 bridgehead atoms. The summed E-state index contributed by atoms with van der Waals surface area (Å²) in [6, 6.07) is 28.9. The Kier molecular flexibility index (Phi) is 6.16. The summed E-state index contributed by atoms with van der Waals surface area (Å²) in [5.41, 5.74) is 3.36. The van der Waals surface area contributed by atoms with Gasteiger partial charge in [-0.05, 0) is 86.0 Å². The summed E-state index contributed by atoms with van der Waals surface area (Å²) in [4.78, 5) is 16.1. The Hall–Kier alpha value is -2.62. The van der Waals surface area contributed by atoms with Crippen LogP contribution in [-0.4, -0.2) is 35.6 Å². The minimum atomic E-state index is -0.241. The molecule has 3 aromatic rings. The van der Waals surface area contributed by atoms with E-state index in [1.807, 2.05) is 0 Å². The second kappa shape index (κ2) is 9.44. The molecule has 1 saturated heterocycles. The normalized spacial score (nSPS) is 30.3. The van der Waals surface area contributed by atoms with E-state index in [1.165, 1.54) is 24.0 Å². The summed E-state index contributed by atoms with van der Waals surface area (Å²) < 4.78 is 6.43. The van der Waals surface area contributed by atoms with Gasteiger partial charge in [-0.2, -0.15) is 0 Å². The minimum absolute atomic E-state index is 0.0528. The van der Waals surface area contributed by atoms with Gasteiger partial charge in [-0.15, -0.1) is 0 Å². The largest absolute Gasteiger partial charge is 0.458 e. The first-order valence-corrected chi connectivity index (χ1v) is 13.3. The van der Waals surface area contributed by atoms with Crippen molar-refractivity contribution in [1.29, 1.82) is 0 Å². The highest BCUT2D eigenvalue weighted by Gasteiger charge is 2.59. The van der Waals surface area contributed by atoms with E-state index in [0.717, 1.165) is 32.4 Å². The van der Waals surface area contributed by atoms with E-state index < -0.39 is 0 Å². The Labute approximate surface area is 213 Å². The lowest BCUT2D eigenvalue weighted by Gasteiger charge is -2.61. The maximum Gasteiger partial charge on any atom is 0.338 e. The van der Waals surface area contributed by atoms with Gasteiger partial charge in [-0.1, -0.05) is 72.3 Å². The molecule has 0 radical (unpaired) electrons. The van der Waals surface area contributed by atoms with Crippen molar-refractivity contribution in [2.45, 2.75) is 55.6 Å². The Morgan fingerprint density at radius 3 is 1.86 bits per heavy atom. The smallest absolute Gasteiger partial charge is 0.338 e. The van der Waals surface area contributed by atoms with E-state index in [2.05, 4.69) is 65.6 Å². The van der Waals surface area contributed by atoms with E-state index in [-0.39, 0.29) is 23.5 Å².